The lowest BCUT2D eigenvalue weighted by Gasteiger charge is -2.02. The van der Waals surface area contributed by atoms with Crippen LogP contribution in [0.25, 0.3) is 0 Å². The van der Waals surface area contributed by atoms with Crippen molar-refractivity contribution in [3.05, 3.63) is 22.7 Å². The van der Waals surface area contributed by atoms with Gasteiger partial charge >= 0.3 is 0 Å². The first kappa shape index (κ1) is 10.4. The molecule has 0 aliphatic rings. The lowest BCUT2D eigenvalue weighted by Crippen LogP contribution is -2.16. The van der Waals surface area contributed by atoms with Crippen molar-refractivity contribution in [1.29, 1.82) is 0 Å². The zero-order valence-electron chi connectivity index (χ0n) is 7.93. The number of halogens is 1. The molecule has 1 aromatic rings. The molecule has 0 aliphatic carbocycles. The van der Waals surface area contributed by atoms with Gasteiger partial charge in [-0.05, 0) is 22.0 Å². The van der Waals surface area contributed by atoms with Crippen molar-refractivity contribution in [2.24, 2.45) is 0 Å². The van der Waals surface area contributed by atoms with Crippen LogP contribution in [-0.2, 0) is 0 Å². The predicted molar refractivity (Wildman–Crippen MR) is 60.0 cm³/mol. The van der Waals surface area contributed by atoms with E-state index in [1.165, 1.54) is 0 Å². The van der Waals surface area contributed by atoms with Gasteiger partial charge in [0.2, 0.25) is 0 Å². The van der Waals surface area contributed by atoms with Gasteiger partial charge in [-0.1, -0.05) is 25.6 Å². The zero-order chi connectivity index (χ0) is 9.90. The molecule has 2 nitrogen and oxygen atoms in total. The summed E-state index contributed by atoms with van der Waals surface area (Å²) in [6, 6.07) is 1.82. The molecular formula is C9H11BrN2Si. The second kappa shape index (κ2) is 4.03. The summed E-state index contributed by atoms with van der Waals surface area (Å²) < 4.78 is 0.592. The Balaban J connectivity index is 2.90. The molecule has 0 amide bonds. The van der Waals surface area contributed by atoms with E-state index in [-0.39, 0.29) is 0 Å². The van der Waals surface area contributed by atoms with Crippen LogP contribution in [0.4, 0.5) is 0 Å². The summed E-state index contributed by atoms with van der Waals surface area (Å²) >= 11 is 3.20. The second-order valence-corrected chi connectivity index (χ2v) is 9.17. The molecule has 1 heterocycles. The van der Waals surface area contributed by atoms with Gasteiger partial charge in [-0.25, -0.2) is 9.97 Å². The first-order valence-corrected chi connectivity index (χ1v) is 8.28. The minimum absolute atomic E-state index is 0.592. The SMILES string of the molecule is C[Si](C)(C)C#Cc1ccnc(Br)n1. The quantitative estimate of drug-likeness (QED) is 0.404. The Hall–Kier alpha value is -0.663. The summed E-state index contributed by atoms with van der Waals surface area (Å²) in [5, 5.41) is 0. The molecule has 0 saturated carbocycles. The minimum Gasteiger partial charge on any atom is -0.231 e. The highest BCUT2D eigenvalue weighted by Crippen LogP contribution is 2.02. The molecule has 0 radical (unpaired) electrons. The van der Waals surface area contributed by atoms with E-state index in [0.717, 1.165) is 5.69 Å². The van der Waals surface area contributed by atoms with Crippen molar-refractivity contribution in [2.45, 2.75) is 19.6 Å². The Kier molecular flexibility index (Phi) is 3.23. The van der Waals surface area contributed by atoms with E-state index in [1.54, 1.807) is 6.20 Å². The second-order valence-electron chi connectivity index (χ2n) is 3.71. The molecule has 0 atom stereocenters. The van der Waals surface area contributed by atoms with E-state index in [1.807, 2.05) is 6.07 Å². The average molecular weight is 255 g/mol. The summed E-state index contributed by atoms with van der Waals surface area (Å²) in [6.45, 7) is 6.61. The number of aromatic nitrogens is 2. The van der Waals surface area contributed by atoms with Gasteiger partial charge in [-0.3, -0.25) is 0 Å². The minimum atomic E-state index is -1.29. The first-order chi connectivity index (χ1) is 5.97. The van der Waals surface area contributed by atoms with Crippen LogP contribution in [0.1, 0.15) is 5.69 Å². The highest BCUT2D eigenvalue weighted by atomic mass is 79.9. The third kappa shape index (κ3) is 4.20. The lowest BCUT2D eigenvalue weighted by molar-refractivity contribution is 1.09. The fourth-order valence-corrected chi connectivity index (χ4v) is 1.47. The van der Waals surface area contributed by atoms with Gasteiger partial charge in [0, 0.05) is 6.20 Å². The summed E-state index contributed by atoms with van der Waals surface area (Å²) in [6.07, 6.45) is 1.70. The molecular weight excluding hydrogens is 244 g/mol. The number of rotatable bonds is 0. The molecule has 4 heteroatoms. The number of nitrogens with zero attached hydrogens (tertiary/aromatic N) is 2. The van der Waals surface area contributed by atoms with Gasteiger partial charge < -0.3 is 0 Å². The van der Waals surface area contributed by atoms with Crippen molar-refractivity contribution in [3.63, 3.8) is 0 Å². The summed E-state index contributed by atoms with van der Waals surface area (Å²) in [5.74, 6) is 3.06. The highest BCUT2D eigenvalue weighted by Gasteiger charge is 2.07. The molecule has 0 aromatic carbocycles. The smallest absolute Gasteiger partial charge is 0.197 e. The fourth-order valence-electron chi connectivity index (χ4n) is 0.656. The molecule has 0 aliphatic heterocycles. The van der Waals surface area contributed by atoms with Crippen LogP contribution in [0.2, 0.25) is 19.6 Å². The topological polar surface area (TPSA) is 25.8 Å². The summed E-state index contributed by atoms with van der Waals surface area (Å²) in [7, 11) is -1.29. The van der Waals surface area contributed by atoms with E-state index in [0.29, 0.717) is 4.73 Å². The van der Waals surface area contributed by atoms with Crippen LogP contribution in [0.5, 0.6) is 0 Å². The van der Waals surface area contributed by atoms with Crippen molar-refractivity contribution < 1.29 is 0 Å². The Morgan fingerprint density at radius 1 is 1.38 bits per heavy atom. The van der Waals surface area contributed by atoms with Gasteiger partial charge in [0.25, 0.3) is 0 Å². The fraction of sp³-hybridized carbons (Fsp3) is 0.333. The van der Waals surface area contributed by atoms with Crippen molar-refractivity contribution in [2.75, 3.05) is 0 Å². The van der Waals surface area contributed by atoms with Gasteiger partial charge in [0.15, 0.2) is 4.73 Å². The standard InChI is InChI=1S/C9H11BrN2Si/c1-13(2,3)7-5-8-4-6-11-9(10)12-8/h4,6H,1-3H3. The van der Waals surface area contributed by atoms with Crippen molar-refractivity contribution in [3.8, 4) is 11.5 Å². The van der Waals surface area contributed by atoms with E-state index >= 15 is 0 Å². The molecule has 0 unspecified atom stereocenters. The predicted octanol–water partition coefficient (Wildman–Crippen LogP) is 2.47. The van der Waals surface area contributed by atoms with E-state index in [2.05, 4.69) is 57.0 Å². The normalized spacial score (nSPS) is 10.5. The molecule has 1 rings (SSSR count). The summed E-state index contributed by atoms with van der Waals surface area (Å²) in [5.41, 5.74) is 4.02. The van der Waals surface area contributed by atoms with Gasteiger partial charge in [-0.15, -0.1) is 5.54 Å². The van der Waals surface area contributed by atoms with Crippen molar-refractivity contribution in [1.82, 2.24) is 9.97 Å². The maximum absolute atomic E-state index is 4.13. The maximum Gasteiger partial charge on any atom is 0.197 e. The molecule has 68 valence electrons. The Bertz CT molecular complexity index is 360. The van der Waals surface area contributed by atoms with Crippen LogP contribution in [0, 0.1) is 11.5 Å². The van der Waals surface area contributed by atoms with E-state index < -0.39 is 8.07 Å². The number of hydrogen-bond donors (Lipinski definition) is 0. The molecule has 0 fully saturated rings. The maximum atomic E-state index is 4.13. The van der Waals surface area contributed by atoms with Crippen LogP contribution < -0.4 is 0 Å². The number of hydrogen-bond acceptors (Lipinski definition) is 2. The van der Waals surface area contributed by atoms with Crippen LogP contribution in [-0.4, -0.2) is 18.0 Å². The van der Waals surface area contributed by atoms with Gasteiger partial charge in [0.1, 0.15) is 13.8 Å². The molecule has 0 saturated heterocycles. The van der Waals surface area contributed by atoms with Gasteiger partial charge in [-0.2, -0.15) is 0 Å². The summed E-state index contributed by atoms with van der Waals surface area (Å²) in [4.78, 5) is 8.06. The lowest BCUT2D eigenvalue weighted by atomic mass is 10.4. The van der Waals surface area contributed by atoms with E-state index in [4.69, 9.17) is 0 Å². The van der Waals surface area contributed by atoms with Crippen molar-refractivity contribution >= 4 is 24.0 Å². The Labute approximate surface area is 87.9 Å². The molecule has 0 bridgehead atoms. The molecule has 13 heavy (non-hydrogen) atoms. The zero-order valence-corrected chi connectivity index (χ0v) is 10.5. The van der Waals surface area contributed by atoms with Crippen LogP contribution in [0.3, 0.4) is 0 Å². The van der Waals surface area contributed by atoms with Gasteiger partial charge in [0.05, 0.1) is 0 Å². The Morgan fingerprint density at radius 3 is 2.62 bits per heavy atom. The largest absolute Gasteiger partial charge is 0.231 e. The first-order valence-electron chi connectivity index (χ1n) is 3.99. The third-order valence-electron chi connectivity index (χ3n) is 1.19. The third-order valence-corrected chi connectivity index (χ3v) is 2.45. The molecule has 0 spiro atoms. The molecule has 0 N–H and O–H groups in total. The Morgan fingerprint density at radius 2 is 2.08 bits per heavy atom. The van der Waals surface area contributed by atoms with E-state index in [9.17, 15) is 0 Å². The van der Waals surface area contributed by atoms with Crippen LogP contribution in [0.15, 0.2) is 17.0 Å². The molecule has 1 aromatic heterocycles. The van der Waals surface area contributed by atoms with Crippen LogP contribution >= 0.6 is 15.9 Å². The monoisotopic (exact) mass is 254 g/mol. The highest BCUT2D eigenvalue weighted by molar-refractivity contribution is 9.10. The average Bonchev–Trinajstić information content (AvgIpc) is 2.00.